The van der Waals surface area contributed by atoms with E-state index in [2.05, 4.69) is 5.32 Å². The van der Waals surface area contributed by atoms with E-state index in [0.29, 0.717) is 5.56 Å². The lowest BCUT2D eigenvalue weighted by Gasteiger charge is -2.31. The molecule has 2 aromatic carbocycles. The molecule has 3 rings (SSSR count). The van der Waals surface area contributed by atoms with E-state index in [4.69, 9.17) is 4.74 Å². The van der Waals surface area contributed by atoms with Crippen molar-refractivity contribution in [3.63, 3.8) is 0 Å². The number of sulfonamides is 1. The molecule has 182 valence electrons. The van der Waals surface area contributed by atoms with Crippen molar-refractivity contribution in [2.75, 3.05) is 18.4 Å². The van der Waals surface area contributed by atoms with Gasteiger partial charge in [0.15, 0.2) is 6.10 Å². The Balaban J connectivity index is 1.55. The highest BCUT2D eigenvalue weighted by atomic mass is 32.2. The fourth-order valence-electron chi connectivity index (χ4n) is 3.82. The molecule has 1 heterocycles. The van der Waals surface area contributed by atoms with Crippen LogP contribution in [0, 0.1) is 29.9 Å². The van der Waals surface area contributed by atoms with Crippen molar-refractivity contribution in [3.05, 3.63) is 63.7 Å². The molecule has 1 saturated heterocycles. The fourth-order valence-corrected chi connectivity index (χ4v) is 5.50. The van der Waals surface area contributed by atoms with Crippen LogP contribution in [-0.2, 0) is 24.3 Å². The molecule has 1 aliphatic rings. The second-order valence-electron chi connectivity index (χ2n) is 8.32. The SMILES string of the molecule is Cc1ccc(S(=O)(=O)N2CCC(C(=O)O[C@H](C)C(=O)Nc3cccc([N+](=O)[O-])c3)CC2)c(C)c1. The molecule has 0 bridgehead atoms. The third-order valence-electron chi connectivity index (χ3n) is 5.72. The van der Waals surface area contributed by atoms with Gasteiger partial charge in [-0.15, -0.1) is 0 Å². The number of aryl methyl sites for hydroxylation is 2. The molecule has 10 nitrogen and oxygen atoms in total. The Labute approximate surface area is 198 Å². The molecule has 11 heteroatoms. The van der Waals surface area contributed by atoms with Crippen LogP contribution in [0.2, 0.25) is 0 Å². The van der Waals surface area contributed by atoms with Gasteiger partial charge in [0.05, 0.1) is 15.7 Å². The lowest BCUT2D eigenvalue weighted by atomic mass is 9.98. The van der Waals surface area contributed by atoms with E-state index < -0.39 is 38.8 Å². The first-order valence-corrected chi connectivity index (χ1v) is 12.3. The van der Waals surface area contributed by atoms with E-state index in [9.17, 15) is 28.1 Å². The number of benzene rings is 2. The van der Waals surface area contributed by atoms with Crippen molar-refractivity contribution < 1.29 is 27.7 Å². The van der Waals surface area contributed by atoms with Gasteiger partial charge in [0.1, 0.15) is 0 Å². The van der Waals surface area contributed by atoms with E-state index in [1.807, 2.05) is 13.0 Å². The molecular formula is C23H27N3O7S. The van der Waals surface area contributed by atoms with E-state index in [-0.39, 0.29) is 42.2 Å². The summed E-state index contributed by atoms with van der Waals surface area (Å²) in [6, 6.07) is 10.6. The lowest BCUT2D eigenvalue weighted by molar-refractivity contribution is -0.384. The summed E-state index contributed by atoms with van der Waals surface area (Å²) in [5, 5.41) is 13.4. The Morgan fingerprint density at radius 2 is 1.82 bits per heavy atom. The van der Waals surface area contributed by atoms with Crippen LogP contribution >= 0.6 is 0 Å². The van der Waals surface area contributed by atoms with Crippen molar-refractivity contribution in [3.8, 4) is 0 Å². The number of nitrogens with one attached hydrogen (secondary N) is 1. The average molecular weight is 490 g/mol. The van der Waals surface area contributed by atoms with Crippen molar-refractivity contribution in [2.24, 2.45) is 5.92 Å². The van der Waals surface area contributed by atoms with E-state index in [0.717, 1.165) is 5.56 Å². The summed E-state index contributed by atoms with van der Waals surface area (Å²) in [7, 11) is -3.67. The molecular weight excluding hydrogens is 462 g/mol. The monoisotopic (exact) mass is 489 g/mol. The molecule has 0 radical (unpaired) electrons. The molecule has 1 amide bonds. The number of anilines is 1. The highest BCUT2D eigenvalue weighted by Crippen LogP contribution is 2.27. The van der Waals surface area contributed by atoms with Crippen molar-refractivity contribution in [1.29, 1.82) is 0 Å². The number of rotatable bonds is 7. The third-order valence-corrected chi connectivity index (χ3v) is 7.78. The maximum absolute atomic E-state index is 13.0. The second kappa shape index (κ2) is 10.3. The predicted octanol–water partition coefficient (Wildman–Crippen LogP) is 3.18. The highest BCUT2D eigenvalue weighted by Gasteiger charge is 2.34. The van der Waals surface area contributed by atoms with Crippen LogP contribution in [0.15, 0.2) is 47.4 Å². The summed E-state index contributed by atoms with van der Waals surface area (Å²) < 4.78 is 32.7. The number of nitro benzene ring substituents is 1. The Kier molecular flexibility index (Phi) is 7.68. The maximum atomic E-state index is 13.0. The first kappa shape index (κ1) is 25.3. The van der Waals surface area contributed by atoms with Crippen LogP contribution < -0.4 is 5.32 Å². The summed E-state index contributed by atoms with van der Waals surface area (Å²) in [5.41, 5.74) is 1.68. The highest BCUT2D eigenvalue weighted by molar-refractivity contribution is 7.89. The Hall–Kier alpha value is -3.31. The number of ether oxygens (including phenoxy) is 1. The van der Waals surface area contributed by atoms with Crippen molar-refractivity contribution in [1.82, 2.24) is 4.31 Å². The van der Waals surface area contributed by atoms with Gasteiger partial charge in [0.25, 0.3) is 11.6 Å². The third kappa shape index (κ3) is 5.78. The minimum atomic E-state index is -3.67. The Morgan fingerprint density at radius 1 is 1.15 bits per heavy atom. The summed E-state index contributed by atoms with van der Waals surface area (Å²) in [6.07, 6.45) is -0.562. The summed E-state index contributed by atoms with van der Waals surface area (Å²) in [5.74, 6) is -1.73. The zero-order valence-corrected chi connectivity index (χ0v) is 20.0. The van der Waals surface area contributed by atoms with Gasteiger partial charge in [-0.1, -0.05) is 23.8 Å². The van der Waals surface area contributed by atoms with Crippen LogP contribution in [-0.4, -0.2) is 48.7 Å². The number of hydrogen-bond donors (Lipinski definition) is 1. The van der Waals surface area contributed by atoms with E-state index >= 15 is 0 Å². The first-order valence-electron chi connectivity index (χ1n) is 10.8. The van der Waals surface area contributed by atoms with Crippen LogP contribution in [0.1, 0.15) is 30.9 Å². The van der Waals surface area contributed by atoms with Gasteiger partial charge in [-0.3, -0.25) is 19.7 Å². The molecule has 1 atom stereocenters. The molecule has 2 aromatic rings. The summed E-state index contributed by atoms with van der Waals surface area (Å²) in [4.78, 5) is 35.5. The Bertz CT molecular complexity index is 1200. The van der Waals surface area contributed by atoms with Gasteiger partial charge in [-0.05, 0) is 51.3 Å². The molecule has 1 aliphatic heterocycles. The van der Waals surface area contributed by atoms with Gasteiger partial charge in [0, 0.05) is 30.9 Å². The fraction of sp³-hybridized carbons (Fsp3) is 0.391. The first-order chi connectivity index (χ1) is 16.0. The van der Waals surface area contributed by atoms with E-state index in [1.54, 1.807) is 19.1 Å². The number of hydrogen-bond acceptors (Lipinski definition) is 7. The van der Waals surface area contributed by atoms with Gasteiger partial charge >= 0.3 is 5.97 Å². The minimum Gasteiger partial charge on any atom is -0.452 e. The molecule has 0 spiro atoms. The zero-order chi connectivity index (χ0) is 25.0. The van der Waals surface area contributed by atoms with Crippen molar-refractivity contribution in [2.45, 2.75) is 44.6 Å². The number of carbonyl (C=O) groups is 2. The predicted molar refractivity (Wildman–Crippen MR) is 125 cm³/mol. The average Bonchev–Trinajstić information content (AvgIpc) is 2.79. The normalized spacial score (nSPS) is 16.0. The molecule has 1 N–H and O–H groups in total. The van der Waals surface area contributed by atoms with Gasteiger partial charge in [-0.25, -0.2) is 8.42 Å². The van der Waals surface area contributed by atoms with Gasteiger partial charge in [-0.2, -0.15) is 4.31 Å². The van der Waals surface area contributed by atoms with E-state index in [1.165, 1.54) is 35.5 Å². The minimum absolute atomic E-state index is 0.170. The number of carbonyl (C=O) groups excluding carboxylic acids is 2. The van der Waals surface area contributed by atoms with Gasteiger partial charge in [0.2, 0.25) is 10.0 Å². The molecule has 0 saturated carbocycles. The smallest absolute Gasteiger partial charge is 0.309 e. The van der Waals surface area contributed by atoms with Crippen LogP contribution in [0.5, 0.6) is 0 Å². The second-order valence-corrected chi connectivity index (χ2v) is 10.2. The van der Waals surface area contributed by atoms with Crippen molar-refractivity contribution >= 4 is 33.3 Å². The number of non-ortho nitro benzene ring substituents is 1. The summed E-state index contributed by atoms with van der Waals surface area (Å²) in [6.45, 7) is 5.40. The number of nitrogens with zero attached hydrogens (tertiary/aromatic N) is 2. The maximum Gasteiger partial charge on any atom is 0.309 e. The van der Waals surface area contributed by atoms with Crippen LogP contribution in [0.3, 0.4) is 0 Å². The van der Waals surface area contributed by atoms with Crippen LogP contribution in [0.4, 0.5) is 11.4 Å². The number of amides is 1. The standard InChI is InChI=1S/C23H27N3O7S/c1-15-7-8-21(16(2)13-15)34(31,32)25-11-9-18(10-12-25)23(28)33-17(3)22(27)24-19-5-4-6-20(14-19)26(29)30/h4-8,13-14,17-18H,9-12H2,1-3H3,(H,24,27)/t17-/m1/s1. The molecule has 0 unspecified atom stereocenters. The van der Waals surface area contributed by atoms with Crippen LogP contribution in [0.25, 0.3) is 0 Å². The lowest BCUT2D eigenvalue weighted by Crippen LogP contribution is -2.42. The number of piperidine rings is 1. The molecule has 0 aromatic heterocycles. The molecule has 0 aliphatic carbocycles. The largest absolute Gasteiger partial charge is 0.452 e. The van der Waals surface area contributed by atoms with Gasteiger partial charge < -0.3 is 10.1 Å². The number of esters is 1. The topological polar surface area (TPSA) is 136 Å². The zero-order valence-electron chi connectivity index (χ0n) is 19.2. The quantitative estimate of drug-likeness (QED) is 0.358. The number of nitro groups is 1. The molecule has 34 heavy (non-hydrogen) atoms. The Morgan fingerprint density at radius 3 is 2.44 bits per heavy atom. The summed E-state index contributed by atoms with van der Waals surface area (Å²) >= 11 is 0. The molecule has 1 fully saturated rings.